The normalized spacial score (nSPS) is 19.9. The van der Waals surface area contributed by atoms with Crippen LogP contribution in [0.1, 0.15) is 41.2 Å². The molecule has 3 rings (SSSR count). The summed E-state index contributed by atoms with van der Waals surface area (Å²) in [5, 5.41) is 15.4. The molecule has 1 amide bonds. The molecule has 1 aliphatic rings. The molecule has 2 aromatic rings. The van der Waals surface area contributed by atoms with Crippen molar-refractivity contribution in [2.45, 2.75) is 46.4 Å². The summed E-state index contributed by atoms with van der Waals surface area (Å²) in [5.74, 6) is -0.00898. The van der Waals surface area contributed by atoms with Crippen molar-refractivity contribution in [3.63, 3.8) is 0 Å². The number of hydrogen-bond donors (Lipinski definition) is 0. The summed E-state index contributed by atoms with van der Waals surface area (Å²) in [6.07, 6.45) is 0.0533. The summed E-state index contributed by atoms with van der Waals surface area (Å²) >= 11 is 0. The highest BCUT2D eigenvalue weighted by atomic mass is 16.6. The predicted octanol–water partition coefficient (Wildman–Crippen LogP) is 2.71. The summed E-state index contributed by atoms with van der Waals surface area (Å²) in [5.41, 5.74) is 2.53. The van der Waals surface area contributed by atoms with Crippen molar-refractivity contribution in [1.29, 1.82) is 0 Å². The van der Waals surface area contributed by atoms with Gasteiger partial charge in [0.15, 0.2) is 0 Å². The first-order valence-corrected chi connectivity index (χ1v) is 8.98. The fourth-order valence-electron chi connectivity index (χ4n) is 3.56. The Morgan fingerprint density at radius 3 is 2.33 bits per heavy atom. The monoisotopic (exact) mass is 372 g/mol. The lowest BCUT2D eigenvalue weighted by Crippen LogP contribution is -2.48. The van der Waals surface area contributed by atoms with Crippen LogP contribution >= 0.6 is 0 Å². The van der Waals surface area contributed by atoms with Gasteiger partial charge in [-0.15, -0.1) is 0 Å². The van der Waals surface area contributed by atoms with Crippen LogP contribution in [0.5, 0.6) is 0 Å². The molecular formula is C19H24N4O4. The van der Waals surface area contributed by atoms with Gasteiger partial charge >= 0.3 is 5.69 Å². The smallest absolute Gasteiger partial charge is 0.312 e. The highest BCUT2D eigenvalue weighted by Gasteiger charge is 2.26. The minimum absolute atomic E-state index is 0.00898. The number of amides is 1. The molecule has 0 aliphatic carbocycles. The van der Waals surface area contributed by atoms with Crippen molar-refractivity contribution < 1.29 is 14.5 Å². The van der Waals surface area contributed by atoms with E-state index in [4.69, 9.17) is 4.74 Å². The number of ether oxygens (including phenoxy) is 1. The van der Waals surface area contributed by atoms with Gasteiger partial charge in [-0.1, -0.05) is 12.1 Å². The fraction of sp³-hybridized carbons (Fsp3) is 0.474. The van der Waals surface area contributed by atoms with Crippen LogP contribution in [-0.4, -0.2) is 50.8 Å². The van der Waals surface area contributed by atoms with E-state index in [1.165, 1.54) is 0 Å². The zero-order chi connectivity index (χ0) is 19.7. The number of benzene rings is 1. The first-order valence-electron chi connectivity index (χ1n) is 8.98. The largest absolute Gasteiger partial charge is 0.372 e. The van der Waals surface area contributed by atoms with Gasteiger partial charge in [0.2, 0.25) is 0 Å². The molecule has 0 bridgehead atoms. The van der Waals surface area contributed by atoms with Gasteiger partial charge in [0.05, 0.1) is 23.7 Å². The molecule has 0 N–H and O–H groups in total. The van der Waals surface area contributed by atoms with Gasteiger partial charge in [-0.05, 0) is 45.4 Å². The second kappa shape index (κ2) is 7.48. The van der Waals surface area contributed by atoms with E-state index in [0.29, 0.717) is 36.6 Å². The number of hydrogen-bond acceptors (Lipinski definition) is 5. The lowest BCUT2D eigenvalue weighted by Gasteiger charge is -2.35. The van der Waals surface area contributed by atoms with Crippen molar-refractivity contribution in [3.05, 3.63) is 56.9 Å². The number of carbonyl (C=O) groups excluding carboxylic acids is 1. The molecule has 8 nitrogen and oxygen atoms in total. The predicted molar refractivity (Wildman–Crippen MR) is 99.8 cm³/mol. The summed E-state index contributed by atoms with van der Waals surface area (Å²) in [6, 6.07) is 7.32. The minimum Gasteiger partial charge on any atom is -0.372 e. The number of aryl methyl sites for hydroxylation is 1. The van der Waals surface area contributed by atoms with Gasteiger partial charge in [0.25, 0.3) is 5.91 Å². The Hall–Kier alpha value is -2.74. The maximum absolute atomic E-state index is 12.7. The summed E-state index contributed by atoms with van der Waals surface area (Å²) in [6.45, 7) is 8.84. The Bertz CT molecular complexity index is 849. The fourth-order valence-corrected chi connectivity index (χ4v) is 3.56. The Morgan fingerprint density at radius 1 is 1.22 bits per heavy atom. The SMILES string of the molecule is Cc1nn(Cc2ccc(C(=O)N3C[C@H](C)O[C@@H](C)C3)cc2)c(C)c1[N+](=O)[O-]. The molecule has 2 heterocycles. The number of nitro groups is 1. The zero-order valence-corrected chi connectivity index (χ0v) is 16.0. The van der Waals surface area contributed by atoms with Crippen molar-refractivity contribution in [2.24, 2.45) is 0 Å². The number of morpholine rings is 1. The molecular weight excluding hydrogens is 348 g/mol. The number of aromatic nitrogens is 2. The van der Waals surface area contributed by atoms with Crippen molar-refractivity contribution in [3.8, 4) is 0 Å². The Labute approximate surface area is 157 Å². The first kappa shape index (κ1) is 19.0. The third-order valence-electron chi connectivity index (χ3n) is 4.77. The lowest BCUT2D eigenvalue weighted by molar-refractivity contribution is -0.386. The Balaban J connectivity index is 1.73. The average Bonchev–Trinajstić information content (AvgIpc) is 2.87. The molecule has 1 saturated heterocycles. The van der Waals surface area contributed by atoms with E-state index in [-0.39, 0.29) is 23.8 Å². The van der Waals surface area contributed by atoms with Gasteiger partial charge in [-0.25, -0.2) is 0 Å². The van der Waals surface area contributed by atoms with E-state index >= 15 is 0 Å². The van der Waals surface area contributed by atoms with Gasteiger partial charge in [-0.3, -0.25) is 19.6 Å². The van der Waals surface area contributed by atoms with Crippen molar-refractivity contribution in [1.82, 2.24) is 14.7 Å². The average molecular weight is 372 g/mol. The zero-order valence-electron chi connectivity index (χ0n) is 16.0. The van der Waals surface area contributed by atoms with Gasteiger partial charge in [-0.2, -0.15) is 5.10 Å². The first-order chi connectivity index (χ1) is 12.8. The highest BCUT2D eigenvalue weighted by molar-refractivity contribution is 5.94. The Kier molecular flexibility index (Phi) is 5.27. The Morgan fingerprint density at radius 2 is 1.81 bits per heavy atom. The topological polar surface area (TPSA) is 90.5 Å². The maximum Gasteiger partial charge on any atom is 0.312 e. The van der Waals surface area contributed by atoms with Crippen molar-refractivity contribution >= 4 is 11.6 Å². The standard InChI is InChI=1S/C19H24N4O4/c1-12-9-21(10-13(2)27-12)19(24)17-7-5-16(6-8-17)11-22-15(4)18(23(25)26)14(3)20-22/h5-8,12-13H,9-11H2,1-4H3/t12-,13-/m0/s1. The molecule has 0 saturated carbocycles. The summed E-state index contributed by atoms with van der Waals surface area (Å²) in [7, 11) is 0. The molecule has 27 heavy (non-hydrogen) atoms. The van der Waals surface area contributed by atoms with E-state index in [2.05, 4.69) is 5.10 Å². The maximum atomic E-state index is 12.7. The van der Waals surface area contributed by atoms with Crippen LogP contribution in [0, 0.1) is 24.0 Å². The molecule has 1 aromatic heterocycles. The molecule has 0 spiro atoms. The van der Waals surface area contributed by atoms with Crippen molar-refractivity contribution in [2.75, 3.05) is 13.1 Å². The van der Waals surface area contributed by atoms with Crippen LogP contribution in [-0.2, 0) is 11.3 Å². The molecule has 1 aliphatic heterocycles. The molecule has 8 heteroatoms. The lowest BCUT2D eigenvalue weighted by atomic mass is 10.1. The van der Waals surface area contributed by atoms with Gasteiger partial charge in [0.1, 0.15) is 11.4 Å². The summed E-state index contributed by atoms with van der Waals surface area (Å²) < 4.78 is 7.30. The van der Waals surface area contributed by atoms with Crippen LogP contribution in [0.25, 0.3) is 0 Å². The molecule has 0 radical (unpaired) electrons. The summed E-state index contributed by atoms with van der Waals surface area (Å²) in [4.78, 5) is 25.3. The van der Waals surface area contributed by atoms with Gasteiger partial charge < -0.3 is 9.64 Å². The van der Waals surface area contributed by atoms with Crippen LogP contribution in [0.3, 0.4) is 0 Å². The van der Waals surface area contributed by atoms with E-state index in [1.807, 2.05) is 30.9 Å². The van der Waals surface area contributed by atoms with E-state index in [1.54, 1.807) is 30.7 Å². The van der Waals surface area contributed by atoms with E-state index in [0.717, 1.165) is 5.56 Å². The number of nitrogens with zero attached hydrogens (tertiary/aromatic N) is 4. The minimum atomic E-state index is -0.403. The van der Waals surface area contributed by atoms with Crippen LogP contribution in [0.15, 0.2) is 24.3 Å². The highest BCUT2D eigenvalue weighted by Crippen LogP contribution is 2.23. The van der Waals surface area contributed by atoms with E-state index in [9.17, 15) is 14.9 Å². The molecule has 144 valence electrons. The molecule has 0 unspecified atom stereocenters. The second-order valence-electron chi connectivity index (χ2n) is 7.10. The van der Waals surface area contributed by atoms with Gasteiger partial charge in [0, 0.05) is 18.7 Å². The van der Waals surface area contributed by atoms with Crippen LogP contribution in [0.4, 0.5) is 5.69 Å². The molecule has 1 fully saturated rings. The van der Waals surface area contributed by atoms with Crippen LogP contribution < -0.4 is 0 Å². The number of carbonyl (C=O) groups is 1. The number of rotatable bonds is 4. The molecule has 2 atom stereocenters. The quantitative estimate of drug-likeness (QED) is 0.608. The molecule has 1 aromatic carbocycles. The third-order valence-corrected chi connectivity index (χ3v) is 4.77. The third kappa shape index (κ3) is 4.00. The second-order valence-corrected chi connectivity index (χ2v) is 7.10. The van der Waals surface area contributed by atoms with Crippen LogP contribution in [0.2, 0.25) is 0 Å². The van der Waals surface area contributed by atoms with E-state index < -0.39 is 4.92 Å².